The van der Waals surface area contributed by atoms with Gasteiger partial charge in [0.25, 0.3) is 0 Å². The van der Waals surface area contributed by atoms with Gasteiger partial charge in [-0.25, -0.2) is 4.79 Å². The normalized spacial score (nSPS) is 10.5. The Kier molecular flexibility index (Phi) is 7.80. The monoisotopic (exact) mass is 439 g/mol. The second-order valence-electron chi connectivity index (χ2n) is 6.78. The van der Waals surface area contributed by atoms with E-state index in [0.717, 1.165) is 5.56 Å². The molecule has 0 saturated carbocycles. The lowest BCUT2D eigenvalue weighted by molar-refractivity contribution is -0.116. The average Bonchev–Trinajstić information content (AvgIpc) is 3.28. The highest BCUT2D eigenvalue weighted by atomic mass is 16.5. The smallest absolute Gasteiger partial charge is 0.338 e. The number of aromatic nitrogens is 2. The number of hydrogen-bond acceptors (Lipinski definition) is 8. The fourth-order valence-corrected chi connectivity index (χ4v) is 2.98. The molecule has 0 aliphatic carbocycles. The van der Waals surface area contributed by atoms with Crippen molar-refractivity contribution in [1.82, 2.24) is 10.1 Å². The first-order chi connectivity index (χ1) is 15.5. The summed E-state index contributed by atoms with van der Waals surface area (Å²) >= 11 is 0. The Balaban J connectivity index is 1.49. The Morgan fingerprint density at radius 3 is 2.47 bits per heavy atom. The van der Waals surface area contributed by atoms with Crippen LogP contribution in [0, 0.1) is 0 Å². The van der Waals surface area contributed by atoms with Crippen LogP contribution in [0.5, 0.6) is 11.5 Å². The largest absolute Gasteiger partial charge is 0.493 e. The van der Waals surface area contributed by atoms with E-state index in [1.165, 1.54) is 0 Å². The van der Waals surface area contributed by atoms with Gasteiger partial charge < -0.3 is 24.1 Å². The van der Waals surface area contributed by atoms with Crippen LogP contribution in [0.1, 0.15) is 36.0 Å². The van der Waals surface area contributed by atoms with Crippen LogP contribution in [0.25, 0.3) is 11.4 Å². The molecule has 1 aromatic heterocycles. The maximum atomic E-state index is 12.2. The fraction of sp³-hybridized carbons (Fsp3) is 0.304. The second kappa shape index (κ2) is 10.9. The fourth-order valence-electron chi connectivity index (χ4n) is 2.98. The predicted molar refractivity (Wildman–Crippen MR) is 117 cm³/mol. The van der Waals surface area contributed by atoms with Crippen molar-refractivity contribution in [3.63, 3.8) is 0 Å². The summed E-state index contributed by atoms with van der Waals surface area (Å²) in [5.74, 6) is 1.53. The van der Waals surface area contributed by atoms with E-state index in [1.54, 1.807) is 57.5 Å². The lowest BCUT2D eigenvalue weighted by Gasteiger charge is -2.07. The highest BCUT2D eigenvalue weighted by Crippen LogP contribution is 2.31. The highest BCUT2D eigenvalue weighted by Gasteiger charge is 2.13. The molecule has 0 atom stereocenters. The highest BCUT2D eigenvalue weighted by molar-refractivity contribution is 5.93. The van der Waals surface area contributed by atoms with Gasteiger partial charge in [-0.2, -0.15) is 4.98 Å². The van der Waals surface area contributed by atoms with Gasteiger partial charge in [-0.1, -0.05) is 5.16 Å². The number of nitrogens with one attached hydrogen (secondary N) is 1. The number of esters is 1. The summed E-state index contributed by atoms with van der Waals surface area (Å²) in [5, 5.41) is 6.80. The van der Waals surface area contributed by atoms with Crippen molar-refractivity contribution < 1.29 is 28.3 Å². The SMILES string of the molecule is CCOC(=O)c1ccc(NC(=O)CCCc2nc(-c3ccc(OC)c(OC)c3)no2)cc1. The Morgan fingerprint density at radius 2 is 1.78 bits per heavy atom. The van der Waals surface area contributed by atoms with Crippen molar-refractivity contribution in [1.29, 1.82) is 0 Å². The van der Waals surface area contributed by atoms with Crippen LogP contribution in [0.2, 0.25) is 0 Å². The number of benzene rings is 2. The molecule has 3 rings (SSSR count). The Hall–Kier alpha value is -3.88. The number of methoxy groups -OCH3 is 2. The molecule has 1 heterocycles. The third-order valence-electron chi connectivity index (χ3n) is 4.58. The van der Waals surface area contributed by atoms with Gasteiger partial charge in [0.1, 0.15) is 0 Å². The molecule has 1 N–H and O–H groups in total. The van der Waals surface area contributed by atoms with Gasteiger partial charge in [-0.15, -0.1) is 0 Å². The topological polar surface area (TPSA) is 113 Å². The van der Waals surface area contributed by atoms with E-state index in [-0.39, 0.29) is 12.3 Å². The van der Waals surface area contributed by atoms with E-state index in [2.05, 4.69) is 15.5 Å². The average molecular weight is 439 g/mol. The number of carbonyl (C=O) groups excluding carboxylic acids is 2. The molecule has 0 saturated heterocycles. The van der Waals surface area contributed by atoms with E-state index in [1.807, 2.05) is 6.07 Å². The molecule has 0 aliphatic heterocycles. The van der Waals surface area contributed by atoms with E-state index in [4.69, 9.17) is 18.7 Å². The summed E-state index contributed by atoms with van der Waals surface area (Å²) in [4.78, 5) is 28.2. The maximum absolute atomic E-state index is 12.2. The molecule has 168 valence electrons. The molecule has 9 heteroatoms. The Bertz CT molecular complexity index is 1060. The molecule has 2 aromatic carbocycles. The van der Waals surface area contributed by atoms with E-state index >= 15 is 0 Å². The van der Waals surface area contributed by atoms with Crippen molar-refractivity contribution in [3.05, 3.63) is 53.9 Å². The van der Waals surface area contributed by atoms with Crippen LogP contribution in [-0.2, 0) is 16.0 Å². The van der Waals surface area contributed by atoms with Gasteiger partial charge in [0, 0.05) is 24.1 Å². The van der Waals surface area contributed by atoms with Crippen LogP contribution in [0.15, 0.2) is 47.0 Å². The zero-order valence-electron chi connectivity index (χ0n) is 18.2. The quantitative estimate of drug-likeness (QED) is 0.474. The minimum absolute atomic E-state index is 0.145. The molecule has 32 heavy (non-hydrogen) atoms. The number of amides is 1. The van der Waals surface area contributed by atoms with Crippen molar-refractivity contribution in [2.24, 2.45) is 0 Å². The third-order valence-corrected chi connectivity index (χ3v) is 4.58. The van der Waals surface area contributed by atoms with E-state index < -0.39 is 5.97 Å². The van der Waals surface area contributed by atoms with Crippen LogP contribution in [0.4, 0.5) is 5.69 Å². The summed E-state index contributed by atoms with van der Waals surface area (Å²) in [6, 6.07) is 11.9. The first-order valence-corrected chi connectivity index (χ1v) is 10.2. The molecule has 0 spiro atoms. The summed E-state index contributed by atoms with van der Waals surface area (Å²) in [7, 11) is 3.13. The Morgan fingerprint density at radius 1 is 1.03 bits per heavy atom. The molecule has 3 aromatic rings. The van der Waals surface area contributed by atoms with Crippen LogP contribution < -0.4 is 14.8 Å². The van der Waals surface area contributed by atoms with Crippen LogP contribution in [-0.4, -0.2) is 42.8 Å². The van der Waals surface area contributed by atoms with Gasteiger partial charge in [-0.05, 0) is 55.8 Å². The first-order valence-electron chi connectivity index (χ1n) is 10.2. The van der Waals surface area contributed by atoms with Gasteiger partial charge in [0.05, 0.1) is 26.4 Å². The van der Waals surface area contributed by atoms with Crippen LogP contribution >= 0.6 is 0 Å². The molecule has 0 bridgehead atoms. The molecular weight excluding hydrogens is 414 g/mol. The van der Waals surface area contributed by atoms with E-state index in [9.17, 15) is 9.59 Å². The summed E-state index contributed by atoms with van der Waals surface area (Å²) < 4.78 is 20.8. The standard InChI is InChI=1S/C23H25N3O6/c1-4-31-23(28)15-8-11-17(12-9-15)24-20(27)6-5-7-21-25-22(26-32-21)16-10-13-18(29-2)19(14-16)30-3/h8-14H,4-7H2,1-3H3,(H,24,27). The van der Waals surface area contributed by atoms with Gasteiger partial charge >= 0.3 is 5.97 Å². The summed E-state index contributed by atoms with van der Waals surface area (Å²) in [6.07, 6.45) is 1.30. The minimum atomic E-state index is -0.391. The maximum Gasteiger partial charge on any atom is 0.338 e. The third kappa shape index (κ3) is 5.84. The van der Waals surface area contributed by atoms with Crippen LogP contribution in [0.3, 0.4) is 0 Å². The molecule has 0 unspecified atom stereocenters. The number of anilines is 1. The molecule has 0 fully saturated rings. The zero-order valence-corrected chi connectivity index (χ0v) is 18.2. The molecule has 0 aliphatic rings. The number of nitrogens with zero attached hydrogens (tertiary/aromatic N) is 2. The summed E-state index contributed by atoms with van der Waals surface area (Å²) in [6.45, 7) is 2.06. The van der Waals surface area contributed by atoms with Crippen molar-refractivity contribution >= 4 is 17.6 Å². The number of hydrogen-bond donors (Lipinski definition) is 1. The molecule has 1 amide bonds. The number of rotatable bonds is 10. The molecular formula is C23H25N3O6. The van der Waals surface area contributed by atoms with Crippen molar-refractivity contribution in [3.8, 4) is 22.9 Å². The van der Waals surface area contributed by atoms with Gasteiger partial charge in [0.2, 0.25) is 17.6 Å². The lowest BCUT2D eigenvalue weighted by Crippen LogP contribution is -2.12. The lowest BCUT2D eigenvalue weighted by atomic mass is 10.2. The molecule has 9 nitrogen and oxygen atoms in total. The number of aryl methyl sites for hydroxylation is 1. The van der Waals surface area contributed by atoms with Crippen molar-refractivity contribution in [2.45, 2.75) is 26.2 Å². The zero-order chi connectivity index (χ0) is 22.9. The number of ether oxygens (including phenoxy) is 3. The second-order valence-corrected chi connectivity index (χ2v) is 6.78. The Labute approximate surface area is 185 Å². The minimum Gasteiger partial charge on any atom is -0.493 e. The van der Waals surface area contributed by atoms with E-state index in [0.29, 0.717) is 53.9 Å². The molecule has 0 radical (unpaired) electrons. The number of carbonyl (C=O) groups is 2. The first kappa shape index (κ1) is 22.8. The van der Waals surface area contributed by atoms with Gasteiger partial charge in [0.15, 0.2) is 11.5 Å². The van der Waals surface area contributed by atoms with Crippen molar-refractivity contribution in [2.75, 3.05) is 26.1 Å². The predicted octanol–water partition coefficient (Wildman–Crippen LogP) is 3.89. The van der Waals surface area contributed by atoms with Gasteiger partial charge in [-0.3, -0.25) is 4.79 Å². The summed E-state index contributed by atoms with van der Waals surface area (Å²) in [5.41, 5.74) is 1.78.